The van der Waals surface area contributed by atoms with E-state index in [0.29, 0.717) is 0 Å². The number of carbonyl (C=O) groups excluding carboxylic acids is 1. The highest BCUT2D eigenvalue weighted by Gasteiger charge is 2.28. The Balaban J connectivity index is 2.33. The summed E-state index contributed by atoms with van der Waals surface area (Å²) in [6.07, 6.45) is 4.17. The number of hydrazine groups is 1. The molecule has 1 amide bonds. The third-order valence-electron chi connectivity index (χ3n) is 3.81. The van der Waals surface area contributed by atoms with E-state index >= 15 is 0 Å². The molecule has 108 valence electrons. The highest BCUT2D eigenvalue weighted by Crippen LogP contribution is 2.30. The molecule has 1 aliphatic rings. The van der Waals surface area contributed by atoms with Crippen LogP contribution in [-0.2, 0) is 0 Å². The number of nitrogens with zero attached hydrogens (tertiary/aromatic N) is 2. The number of nitrogen functional groups attached to an aromatic ring is 1. The molecule has 1 saturated carbocycles. The van der Waals surface area contributed by atoms with Gasteiger partial charge >= 0.3 is 0 Å². The van der Waals surface area contributed by atoms with Crippen LogP contribution >= 0.6 is 0 Å². The molecule has 1 aromatic carbocycles. The number of nitrogens with two attached hydrogens (primary N) is 1. The van der Waals surface area contributed by atoms with Crippen molar-refractivity contribution in [3.05, 3.63) is 33.9 Å². The maximum Gasteiger partial charge on any atom is 0.294 e. The van der Waals surface area contributed by atoms with Crippen molar-refractivity contribution in [1.82, 2.24) is 4.90 Å². The molecular weight excluding hydrogens is 260 g/mol. The number of nitro groups is 1. The van der Waals surface area contributed by atoms with Crippen molar-refractivity contribution in [3.8, 4) is 0 Å². The van der Waals surface area contributed by atoms with Crippen LogP contribution in [0.25, 0.3) is 0 Å². The van der Waals surface area contributed by atoms with Crippen LogP contribution in [0.1, 0.15) is 36.0 Å². The lowest BCUT2D eigenvalue weighted by Crippen LogP contribution is -2.35. The standard InChI is InChI=1S/C13H18N4O3/c1-16(9-5-2-3-6-9)13(18)10-7-4-8-11(17(19)20)12(10)15-14/h4,7-9,15H,2-3,5-6,14H2,1H3. The second kappa shape index (κ2) is 5.87. The molecule has 0 aromatic heterocycles. The number of anilines is 1. The first-order valence-corrected chi connectivity index (χ1v) is 6.57. The smallest absolute Gasteiger partial charge is 0.294 e. The maximum absolute atomic E-state index is 12.5. The minimum absolute atomic E-state index is 0.0624. The Hall–Kier alpha value is -2.15. The number of hydrogen-bond acceptors (Lipinski definition) is 5. The van der Waals surface area contributed by atoms with E-state index in [2.05, 4.69) is 5.43 Å². The highest BCUT2D eigenvalue weighted by atomic mass is 16.6. The monoisotopic (exact) mass is 278 g/mol. The first-order chi connectivity index (χ1) is 9.56. The highest BCUT2D eigenvalue weighted by molar-refractivity contribution is 6.01. The van der Waals surface area contributed by atoms with Gasteiger partial charge in [-0.15, -0.1) is 0 Å². The van der Waals surface area contributed by atoms with Crippen molar-refractivity contribution in [2.24, 2.45) is 5.84 Å². The first kappa shape index (κ1) is 14.3. The molecule has 20 heavy (non-hydrogen) atoms. The minimum atomic E-state index is -0.554. The molecule has 7 nitrogen and oxygen atoms in total. The van der Waals surface area contributed by atoms with E-state index in [1.54, 1.807) is 18.0 Å². The molecule has 0 radical (unpaired) electrons. The third-order valence-corrected chi connectivity index (χ3v) is 3.81. The maximum atomic E-state index is 12.5. The van der Waals surface area contributed by atoms with E-state index in [4.69, 9.17) is 5.84 Å². The normalized spacial score (nSPS) is 15.1. The van der Waals surface area contributed by atoms with Crippen molar-refractivity contribution >= 4 is 17.3 Å². The summed E-state index contributed by atoms with van der Waals surface area (Å²) in [6.45, 7) is 0. The average Bonchev–Trinajstić information content (AvgIpc) is 2.98. The number of benzene rings is 1. The van der Waals surface area contributed by atoms with Crippen molar-refractivity contribution in [1.29, 1.82) is 0 Å². The number of para-hydroxylation sites is 1. The van der Waals surface area contributed by atoms with Crippen molar-refractivity contribution in [2.45, 2.75) is 31.7 Å². The molecule has 0 heterocycles. The lowest BCUT2D eigenvalue weighted by atomic mass is 10.1. The molecule has 0 saturated heterocycles. The Labute approximate surface area is 116 Å². The first-order valence-electron chi connectivity index (χ1n) is 6.57. The molecule has 3 N–H and O–H groups in total. The van der Waals surface area contributed by atoms with Gasteiger partial charge < -0.3 is 10.3 Å². The summed E-state index contributed by atoms with van der Waals surface area (Å²) in [5, 5.41) is 11.0. The van der Waals surface area contributed by atoms with Crippen LogP contribution in [0.15, 0.2) is 18.2 Å². The lowest BCUT2D eigenvalue weighted by Gasteiger charge is -2.25. The van der Waals surface area contributed by atoms with Gasteiger partial charge in [-0.1, -0.05) is 18.9 Å². The fraction of sp³-hybridized carbons (Fsp3) is 0.462. The lowest BCUT2D eigenvalue weighted by molar-refractivity contribution is -0.384. The summed E-state index contributed by atoms with van der Waals surface area (Å²) in [5.74, 6) is 5.11. The Morgan fingerprint density at radius 1 is 1.45 bits per heavy atom. The van der Waals surface area contributed by atoms with Crippen LogP contribution in [0.5, 0.6) is 0 Å². The summed E-state index contributed by atoms with van der Waals surface area (Å²) in [7, 11) is 1.73. The van der Waals surface area contributed by atoms with Gasteiger partial charge in [-0.25, -0.2) is 0 Å². The van der Waals surface area contributed by atoms with Crippen LogP contribution in [0.4, 0.5) is 11.4 Å². The third kappa shape index (κ3) is 2.57. The summed E-state index contributed by atoms with van der Waals surface area (Å²) in [4.78, 5) is 24.6. The quantitative estimate of drug-likeness (QED) is 0.497. The van der Waals surface area contributed by atoms with Crippen LogP contribution < -0.4 is 11.3 Å². The molecule has 1 aliphatic carbocycles. The molecule has 7 heteroatoms. The largest absolute Gasteiger partial charge is 0.339 e. The van der Waals surface area contributed by atoms with Gasteiger partial charge in [0.1, 0.15) is 5.69 Å². The summed E-state index contributed by atoms with van der Waals surface area (Å²) in [6, 6.07) is 4.57. The van der Waals surface area contributed by atoms with Gasteiger partial charge in [0, 0.05) is 19.2 Å². The molecule has 2 rings (SSSR count). The van der Waals surface area contributed by atoms with Gasteiger partial charge in [-0.2, -0.15) is 0 Å². The Bertz CT molecular complexity index is 526. The molecule has 0 bridgehead atoms. The van der Waals surface area contributed by atoms with E-state index in [0.717, 1.165) is 25.7 Å². The van der Waals surface area contributed by atoms with Crippen molar-refractivity contribution in [3.63, 3.8) is 0 Å². The van der Waals surface area contributed by atoms with E-state index in [1.807, 2.05) is 0 Å². The van der Waals surface area contributed by atoms with Gasteiger partial charge in [0.2, 0.25) is 0 Å². The molecule has 0 aliphatic heterocycles. The van der Waals surface area contributed by atoms with Gasteiger partial charge in [0.15, 0.2) is 0 Å². The van der Waals surface area contributed by atoms with Gasteiger partial charge in [0.05, 0.1) is 10.5 Å². The van der Waals surface area contributed by atoms with Gasteiger partial charge in [-0.05, 0) is 18.9 Å². The summed E-state index contributed by atoms with van der Waals surface area (Å²) < 4.78 is 0. The van der Waals surface area contributed by atoms with Crippen molar-refractivity contribution in [2.75, 3.05) is 12.5 Å². The Kier molecular flexibility index (Phi) is 4.19. The Morgan fingerprint density at radius 2 is 2.10 bits per heavy atom. The molecular formula is C13H18N4O3. The topological polar surface area (TPSA) is 102 Å². The number of amides is 1. The molecule has 1 fully saturated rings. The number of carbonyl (C=O) groups is 1. The zero-order chi connectivity index (χ0) is 14.7. The summed E-state index contributed by atoms with van der Waals surface area (Å²) in [5.41, 5.74) is 2.38. The van der Waals surface area contributed by atoms with Crippen LogP contribution in [0, 0.1) is 10.1 Å². The second-order valence-corrected chi connectivity index (χ2v) is 4.96. The zero-order valence-electron chi connectivity index (χ0n) is 11.3. The molecule has 0 spiro atoms. The zero-order valence-corrected chi connectivity index (χ0v) is 11.3. The fourth-order valence-corrected chi connectivity index (χ4v) is 2.67. The van der Waals surface area contributed by atoms with E-state index in [1.165, 1.54) is 12.1 Å². The predicted molar refractivity (Wildman–Crippen MR) is 75.3 cm³/mol. The number of hydrogen-bond donors (Lipinski definition) is 2. The number of nitrogens with one attached hydrogen (secondary N) is 1. The van der Waals surface area contributed by atoms with Gasteiger partial charge in [0.25, 0.3) is 11.6 Å². The summed E-state index contributed by atoms with van der Waals surface area (Å²) >= 11 is 0. The van der Waals surface area contributed by atoms with Crippen LogP contribution in [-0.4, -0.2) is 28.8 Å². The number of nitro benzene ring substituents is 1. The second-order valence-electron chi connectivity index (χ2n) is 4.96. The number of rotatable bonds is 4. The van der Waals surface area contributed by atoms with Crippen molar-refractivity contribution < 1.29 is 9.72 Å². The molecule has 0 unspecified atom stereocenters. The average molecular weight is 278 g/mol. The SMILES string of the molecule is CN(C(=O)c1cccc([N+](=O)[O-])c1NN)C1CCCC1. The predicted octanol–water partition coefficient (Wildman–Crippen LogP) is 1.89. The van der Waals surface area contributed by atoms with E-state index in [-0.39, 0.29) is 28.9 Å². The van der Waals surface area contributed by atoms with Gasteiger partial charge in [-0.3, -0.25) is 20.8 Å². The molecule has 0 atom stereocenters. The molecule has 1 aromatic rings. The Morgan fingerprint density at radius 3 is 2.65 bits per heavy atom. The van der Waals surface area contributed by atoms with Crippen LogP contribution in [0.2, 0.25) is 0 Å². The minimum Gasteiger partial charge on any atom is -0.339 e. The van der Waals surface area contributed by atoms with E-state index < -0.39 is 4.92 Å². The fourth-order valence-electron chi connectivity index (χ4n) is 2.67. The van der Waals surface area contributed by atoms with E-state index in [9.17, 15) is 14.9 Å². The van der Waals surface area contributed by atoms with Crippen LogP contribution in [0.3, 0.4) is 0 Å².